The molecule has 1 aromatic carbocycles. The Kier molecular flexibility index (Phi) is 3.35. The fraction of sp³-hybridized carbons (Fsp3) is 0.500. The van der Waals surface area contributed by atoms with Crippen LogP contribution in [0, 0.1) is 6.92 Å². The number of nitrogen functional groups attached to an aromatic ring is 1. The third-order valence-electron chi connectivity index (χ3n) is 3.33. The maximum Gasteiger partial charge on any atom is 0.242 e. The average Bonchev–Trinajstić information content (AvgIpc) is 2.23. The quantitative estimate of drug-likeness (QED) is 0.705. The van der Waals surface area contributed by atoms with Crippen LogP contribution in [0.2, 0.25) is 0 Å². The molecule has 1 aliphatic rings. The lowest BCUT2D eigenvalue weighted by molar-refractivity contribution is -0.0270. The van der Waals surface area contributed by atoms with Crippen molar-refractivity contribution in [3.8, 4) is 0 Å². The molecule has 0 heterocycles. The van der Waals surface area contributed by atoms with Crippen molar-refractivity contribution < 1.29 is 13.5 Å². The Morgan fingerprint density at radius 2 is 2.11 bits per heavy atom. The van der Waals surface area contributed by atoms with E-state index in [4.69, 9.17) is 5.73 Å². The molecule has 0 amide bonds. The van der Waals surface area contributed by atoms with Crippen molar-refractivity contribution in [2.45, 2.75) is 36.7 Å². The van der Waals surface area contributed by atoms with Crippen molar-refractivity contribution in [3.05, 3.63) is 23.8 Å². The number of aryl methyl sites for hydroxylation is 1. The molecule has 5 nitrogen and oxygen atoms in total. The highest BCUT2D eigenvalue weighted by atomic mass is 32.2. The van der Waals surface area contributed by atoms with Crippen molar-refractivity contribution in [2.75, 3.05) is 12.3 Å². The first kappa shape index (κ1) is 13.3. The summed E-state index contributed by atoms with van der Waals surface area (Å²) >= 11 is 0. The lowest BCUT2D eigenvalue weighted by Gasteiger charge is -2.36. The lowest BCUT2D eigenvalue weighted by Crippen LogP contribution is -2.47. The second kappa shape index (κ2) is 4.53. The fourth-order valence-electron chi connectivity index (χ4n) is 1.98. The second-order valence-corrected chi connectivity index (χ2v) is 6.68. The maximum absolute atomic E-state index is 12.0. The van der Waals surface area contributed by atoms with Gasteiger partial charge in [0.1, 0.15) is 4.90 Å². The summed E-state index contributed by atoms with van der Waals surface area (Å²) in [5.41, 5.74) is 5.96. The van der Waals surface area contributed by atoms with Gasteiger partial charge in [0.05, 0.1) is 11.3 Å². The second-order valence-electron chi connectivity index (χ2n) is 4.94. The number of rotatable bonds is 4. The van der Waals surface area contributed by atoms with E-state index in [1.807, 2.05) is 6.92 Å². The van der Waals surface area contributed by atoms with Crippen molar-refractivity contribution in [2.24, 2.45) is 0 Å². The monoisotopic (exact) mass is 270 g/mol. The normalized spacial score (nSPS) is 18.3. The van der Waals surface area contributed by atoms with Crippen LogP contribution in [0.3, 0.4) is 0 Å². The summed E-state index contributed by atoms with van der Waals surface area (Å²) in [5, 5.41) is 9.88. The number of benzene rings is 1. The summed E-state index contributed by atoms with van der Waals surface area (Å²) < 4.78 is 26.5. The lowest BCUT2D eigenvalue weighted by atomic mass is 9.81. The molecule has 0 radical (unpaired) electrons. The molecule has 6 heteroatoms. The topological polar surface area (TPSA) is 92.4 Å². The molecule has 18 heavy (non-hydrogen) atoms. The Labute approximate surface area is 107 Å². The van der Waals surface area contributed by atoms with E-state index < -0.39 is 15.6 Å². The molecule has 0 spiro atoms. The third-order valence-corrected chi connectivity index (χ3v) is 4.81. The van der Waals surface area contributed by atoms with Gasteiger partial charge in [-0.05, 0) is 43.9 Å². The molecular formula is C12H18N2O3S. The first-order valence-corrected chi connectivity index (χ1v) is 7.39. The largest absolute Gasteiger partial charge is 0.398 e. The van der Waals surface area contributed by atoms with E-state index in [0.717, 1.165) is 12.0 Å². The zero-order valence-electron chi connectivity index (χ0n) is 10.3. The van der Waals surface area contributed by atoms with Gasteiger partial charge in [-0.2, -0.15) is 0 Å². The zero-order valence-corrected chi connectivity index (χ0v) is 11.1. The molecule has 0 unspecified atom stereocenters. The van der Waals surface area contributed by atoms with Gasteiger partial charge >= 0.3 is 0 Å². The number of nitrogens with one attached hydrogen (secondary N) is 1. The van der Waals surface area contributed by atoms with Crippen LogP contribution in [0.1, 0.15) is 24.8 Å². The van der Waals surface area contributed by atoms with Gasteiger partial charge in [0.15, 0.2) is 0 Å². The van der Waals surface area contributed by atoms with E-state index in [2.05, 4.69) is 4.72 Å². The first-order valence-electron chi connectivity index (χ1n) is 5.91. The van der Waals surface area contributed by atoms with Crippen molar-refractivity contribution in [1.29, 1.82) is 0 Å². The summed E-state index contributed by atoms with van der Waals surface area (Å²) in [6, 6.07) is 4.80. The van der Waals surface area contributed by atoms with Crippen LogP contribution in [0.5, 0.6) is 0 Å². The minimum atomic E-state index is -3.65. The Balaban J connectivity index is 2.15. The molecule has 0 saturated heterocycles. The van der Waals surface area contributed by atoms with Gasteiger partial charge in [-0.1, -0.05) is 6.07 Å². The third kappa shape index (κ3) is 2.66. The van der Waals surface area contributed by atoms with Crippen LogP contribution in [-0.2, 0) is 10.0 Å². The van der Waals surface area contributed by atoms with E-state index in [-0.39, 0.29) is 17.1 Å². The minimum absolute atomic E-state index is 0.0443. The Morgan fingerprint density at radius 3 is 2.61 bits per heavy atom. The Morgan fingerprint density at radius 1 is 1.44 bits per heavy atom. The van der Waals surface area contributed by atoms with Crippen LogP contribution in [0.25, 0.3) is 0 Å². The molecule has 0 atom stereocenters. The molecule has 2 rings (SSSR count). The summed E-state index contributed by atoms with van der Waals surface area (Å²) in [4.78, 5) is 0.0658. The SMILES string of the molecule is Cc1ccc(S(=O)(=O)NCC2(O)CCC2)c(N)c1. The van der Waals surface area contributed by atoms with Gasteiger partial charge in [0.25, 0.3) is 0 Å². The number of nitrogens with two attached hydrogens (primary N) is 1. The van der Waals surface area contributed by atoms with Crippen LogP contribution in [0.4, 0.5) is 5.69 Å². The average molecular weight is 270 g/mol. The number of aliphatic hydroxyl groups is 1. The molecule has 0 aromatic heterocycles. The molecule has 0 bridgehead atoms. The molecule has 100 valence electrons. The summed E-state index contributed by atoms with van der Waals surface area (Å²) in [6.45, 7) is 1.89. The molecular weight excluding hydrogens is 252 g/mol. The molecule has 1 fully saturated rings. The molecule has 0 aliphatic heterocycles. The Hall–Kier alpha value is -1.11. The van der Waals surface area contributed by atoms with Gasteiger partial charge in [-0.15, -0.1) is 0 Å². The smallest absolute Gasteiger partial charge is 0.242 e. The number of sulfonamides is 1. The summed E-state index contributed by atoms with van der Waals surface area (Å²) in [6.07, 6.45) is 2.21. The van der Waals surface area contributed by atoms with E-state index >= 15 is 0 Å². The fourth-order valence-corrected chi connectivity index (χ4v) is 3.21. The van der Waals surface area contributed by atoms with E-state index in [1.54, 1.807) is 12.1 Å². The van der Waals surface area contributed by atoms with Gasteiger partial charge < -0.3 is 10.8 Å². The van der Waals surface area contributed by atoms with E-state index in [0.29, 0.717) is 12.8 Å². The maximum atomic E-state index is 12.0. The number of anilines is 1. The highest BCUT2D eigenvalue weighted by molar-refractivity contribution is 7.89. The number of hydrogen-bond donors (Lipinski definition) is 3. The van der Waals surface area contributed by atoms with Gasteiger partial charge in [0.2, 0.25) is 10.0 Å². The van der Waals surface area contributed by atoms with E-state index in [9.17, 15) is 13.5 Å². The molecule has 1 aliphatic carbocycles. The Bertz CT molecular complexity index is 550. The van der Waals surface area contributed by atoms with E-state index in [1.165, 1.54) is 6.07 Å². The standard InChI is InChI=1S/C12H18N2O3S/c1-9-3-4-11(10(13)7-9)18(16,17)14-8-12(15)5-2-6-12/h3-4,7,14-15H,2,5-6,8,13H2,1H3. The van der Waals surface area contributed by atoms with Crippen LogP contribution >= 0.6 is 0 Å². The highest BCUT2D eigenvalue weighted by Crippen LogP contribution is 2.31. The van der Waals surface area contributed by atoms with Crippen molar-refractivity contribution in [3.63, 3.8) is 0 Å². The van der Waals surface area contributed by atoms with Crippen molar-refractivity contribution >= 4 is 15.7 Å². The minimum Gasteiger partial charge on any atom is -0.398 e. The number of hydrogen-bond acceptors (Lipinski definition) is 4. The summed E-state index contributed by atoms with van der Waals surface area (Å²) in [5.74, 6) is 0. The molecule has 1 aromatic rings. The summed E-state index contributed by atoms with van der Waals surface area (Å²) in [7, 11) is -3.65. The van der Waals surface area contributed by atoms with Crippen LogP contribution in [-0.4, -0.2) is 25.7 Å². The predicted molar refractivity (Wildman–Crippen MR) is 69.6 cm³/mol. The van der Waals surface area contributed by atoms with Crippen LogP contribution < -0.4 is 10.5 Å². The molecule has 4 N–H and O–H groups in total. The van der Waals surface area contributed by atoms with Gasteiger partial charge in [0, 0.05) is 6.54 Å². The first-order chi connectivity index (χ1) is 8.32. The predicted octanol–water partition coefficient (Wildman–Crippen LogP) is 0.771. The van der Waals surface area contributed by atoms with Gasteiger partial charge in [-0.3, -0.25) is 0 Å². The highest BCUT2D eigenvalue weighted by Gasteiger charge is 2.35. The van der Waals surface area contributed by atoms with Gasteiger partial charge in [-0.25, -0.2) is 13.1 Å². The van der Waals surface area contributed by atoms with Crippen molar-refractivity contribution in [1.82, 2.24) is 4.72 Å². The zero-order chi connectivity index (χ0) is 13.4. The van der Waals surface area contributed by atoms with Crippen LogP contribution in [0.15, 0.2) is 23.1 Å². The molecule has 1 saturated carbocycles.